The average molecular weight is 417 g/mol. The van der Waals surface area contributed by atoms with Crippen molar-refractivity contribution in [1.29, 1.82) is 0 Å². The van der Waals surface area contributed by atoms with Gasteiger partial charge in [0.05, 0.1) is 10.2 Å². The first-order valence-corrected chi connectivity index (χ1v) is 7.88. The van der Waals surface area contributed by atoms with E-state index in [4.69, 9.17) is 15.2 Å². The zero-order valence-electron chi connectivity index (χ0n) is 11.1. The molecule has 0 bridgehead atoms. The monoisotopic (exact) mass is 415 g/mol. The molecule has 1 atom stereocenters. The highest BCUT2D eigenvalue weighted by atomic mass is 79.9. The van der Waals surface area contributed by atoms with Crippen molar-refractivity contribution in [1.82, 2.24) is 0 Å². The van der Waals surface area contributed by atoms with Crippen LogP contribution in [0.25, 0.3) is 0 Å². The maximum absolute atomic E-state index is 9.89. The zero-order chi connectivity index (χ0) is 15.2. The Hall–Kier alpha value is -1.24. The van der Waals surface area contributed by atoms with Crippen LogP contribution in [0.5, 0.6) is 11.5 Å². The van der Waals surface area contributed by atoms with Crippen molar-refractivity contribution in [2.45, 2.75) is 6.10 Å². The fourth-order valence-corrected chi connectivity index (χ4v) is 2.79. The number of aliphatic hydroxyl groups is 1. The molecule has 2 aromatic rings. The molecule has 0 amide bonds. The number of aliphatic hydroxyl groups excluding tert-OH is 1. The number of halogens is 2. The third-order valence-electron chi connectivity index (χ3n) is 2.68. The zero-order valence-corrected chi connectivity index (χ0v) is 14.3. The Morgan fingerprint density at radius 3 is 2.33 bits per heavy atom. The lowest BCUT2D eigenvalue weighted by Gasteiger charge is -2.15. The van der Waals surface area contributed by atoms with Crippen molar-refractivity contribution in [2.75, 3.05) is 18.9 Å². The standard InChI is InChI=1S/C15H15Br2NO3/c16-10-5-6-14(12(17)7-10)20-8-11(19)9-21-15-4-2-1-3-13(15)18/h1-7,11,19H,8-9,18H2. The molecule has 2 rings (SSSR count). The summed E-state index contributed by atoms with van der Waals surface area (Å²) in [6.45, 7) is 0.245. The molecule has 0 fully saturated rings. The first-order chi connectivity index (χ1) is 10.1. The van der Waals surface area contributed by atoms with E-state index < -0.39 is 6.10 Å². The van der Waals surface area contributed by atoms with E-state index in [0.717, 1.165) is 8.95 Å². The molecule has 0 radical (unpaired) electrons. The van der Waals surface area contributed by atoms with Gasteiger partial charge in [0.1, 0.15) is 30.8 Å². The normalized spacial score (nSPS) is 12.0. The second-order valence-corrected chi connectivity index (χ2v) is 6.16. The minimum absolute atomic E-state index is 0.113. The predicted molar refractivity (Wildman–Crippen MR) is 89.7 cm³/mol. The summed E-state index contributed by atoms with van der Waals surface area (Å²) in [7, 11) is 0. The summed E-state index contributed by atoms with van der Waals surface area (Å²) in [6, 6.07) is 12.7. The molecule has 0 aliphatic heterocycles. The van der Waals surface area contributed by atoms with Crippen molar-refractivity contribution < 1.29 is 14.6 Å². The van der Waals surface area contributed by atoms with E-state index in [1.165, 1.54) is 0 Å². The predicted octanol–water partition coefficient (Wildman–Crippen LogP) is 3.61. The summed E-state index contributed by atoms with van der Waals surface area (Å²) < 4.78 is 12.8. The van der Waals surface area contributed by atoms with Gasteiger partial charge in [-0.15, -0.1) is 0 Å². The Morgan fingerprint density at radius 1 is 1.00 bits per heavy atom. The van der Waals surface area contributed by atoms with Gasteiger partial charge in [0.25, 0.3) is 0 Å². The van der Waals surface area contributed by atoms with Gasteiger partial charge >= 0.3 is 0 Å². The first-order valence-electron chi connectivity index (χ1n) is 6.29. The van der Waals surface area contributed by atoms with Crippen molar-refractivity contribution in [3.8, 4) is 11.5 Å². The van der Waals surface area contributed by atoms with Gasteiger partial charge in [-0.05, 0) is 46.3 Å². The maximum atomic E-state index is 9.89. The van der Waals surface area contributed by atoms with Crippen molar-refractivity contribution >= 4 is 37.5 Å². The molecule has 0 spiro atoms. The van der Waals surface area contributed by atoms with Gasteiger partial charge in [0, 0.05) is 4.47 Å². The summed E-state index contributed by atoms with van der Waals surface area (Å²) >= 11 is 6.77. The molecule has 4 nitrogen and oxygen atoms in total. The van der Waals surface area contributed by atoms with Crippen LogP contribution < -0.4 is 15.2 Å². The number of nitrogens with two attached hydrogens (primary N) is 1. The van der Waals surface area contributed by atoms with E-state index in [2.05, 4.69) is 31.9 Å². The Kier molecular flexibility index (Phi) is 5.90. The number of anilines is 1. The number of hydrogen-bond donors (Lipinski definition) is 2. The molecule has 0 saturated heterocycles. The molecule has 0 heterocycles. The molecule has 112 valence electrons. The highest BCUT2D eigenvalue weighted by Gasteiger charge is 2.09. The van der Waals surface area contributed by atoms with Crippen molar-refractivity contribution in [3.63, 3.8) is 0 Å². The average Bonchev–Trinajstić information content (AvgIpc) is 2.45. The van der Waals surface area contributed by atoms with Crippen LogP contribution in [0, 0.1) is 0 Å². The van der Waals surface area contributed by atoms with Crippen molar-refractivity contribution in [3.05, 3.63) is 51.4 Å². The highest BCUT2D eigenvalue weighted by molar-refractivity contribution is 9.11. The quantitative estimate of drug-likeness (QED) is 0.706. The molecule has 1 unspecified atom stereocenters. The van der Waals surface area contributed by atoms with Crippen LogP contribution >= 0.6 is 31.9 Å². The summed E-state index contributed by atoms with van der Waals surface area (Å²) in [5.41, 5.74) is 6.30. The molecule has 0 aromatic heterocycles. The Bertz CT molecular complexity index is 607. The topological polar surface area (TPSA) is 64.7 Å². The molecule has 3 N–H and O–H groups in total. The second kappa shape index (κ2) is 7.68. The van der Waals surface area contributed by atoms with Gasteiger partial charge < -0.3 is 20.3 Å². The third kappa shape index (κ3) is 4.91. The highest BCUT2D eigenvalue weighted by Crippen LogP contribution is 2.28. The number of nitrogen functional groups attached to an aromatic ring is 1. The lowest BCUT2D eigenvalue weighted by molar-refractivity contribution is 0.0626. The SMILES string of the molecule is Nc1ccccc1OCC(O)COc1ccc(Br)cc1Br. The van der Waals surface area contributed by atoms with Crippen LogP contribution in [0.1, 0.15) is 0 Å². The van der Waals surface area contributed by atoms with Gasteiger partial charge in [-0.3, -0.25) is 0 Å². The summed E-state index contributed by atoms with van der Waals surface area (Å²) in [6.07, 6.45) is -0.750. The van der Waals surface area contributed by atoms with Crippen molar-refractivity contribution in [2.24, 2.45) is 0 Å². The van der Waals surface area contributed by atoms with E-state index in [1.54, 1.807) is 12.1 Å². The Balaban J connectivity index is 1.82. The lowest BCUT2D eigenvalue weighted by Crippen LogP contribution is -2.25. The van der Waals surface area contributed by atoms with Gasteiger partial charge in [-0.25, -0.2) is 0 Å². The van der Waals surface area contributed by atoms with Gasteiger partial charge in [0.2, 0.25) is 0 Å². The number of para-hydroxylation sites is 2. The maximum Gasteiger partial charge on any atom is 0.142 e. The van der Waals surface area contributed by atoms with E-state index in [-0.39, 0.29) is 13.2 Å². The minimum Gasteiger partial charge on any atom is -0.490 e. The van der Waals surface area contributed by atoms with Gasteiger partial charge in [-0.1, -0.05) is 28.1 Å². The van der Waals surface area contributed by atoms with Gasteiger partial charge in [-0.2, -0.15) is 0 Å². The fraction of sp³-hybridized carbons (Fsp3) is 0.200. The molecular weight excluding hydrogens is 402 g/mol. The van der Waals surface area contributed by atoms with Crippen LogP contribution in [0.2, 0.25) is 0 Å². The smallest absolute Gasteiger partial charge is 0.142 e. The largest absolute Gasteiger partial charge is 0.490 e. The van der Waals surface area contributed by atoms with Crippen LogP contribution in [-0.4, -0.2) is 24.4 Å². The van der Waals surface area contributed by atoms with E-state index in [1.807, 2.05) is 30.3 Å². The Morgan fingerprint density at radius 2 is 1.67 bits per heavy atom. The molecule has 21 heavy (non-hydrogen) atoms. The van der Waals surface area contributed by atoms with Gasteiger partial charge in [0.15, 0.2) is 0 Å². The molecule has 6 heteroatoms. The molecule has 2 aromatic carbocycles. The summed E-state index contributed by atoms with van der Waals surface area (Å²) in [5.74, 6) is 1.22. The number of hydrogen-bond acceptors (Lipinski definition) is 4. The minimum atomic E-state index is -0.750. The second-order valence-electron chi connectivity index (χ2n) is 4.39. The number of rotatable bonds is 6. The molecule has 0 aliphatic carbocycles. The fourth-order valence-electron chi connectivity index (χ4n) is 1.62. The third-order valence-corrected chi connectivity index (χ3v) is 3.79. The number of benzene rings is 2. The van der Waals surface area contributed by atoms with Crippen LogP contribution in [-0.2, 0) is 0 Å². The summed E-state index contributed by atoms with van der Waals surface area (Å²) in [4.78, 5) is 0. The molecule has 0 aliphatic rings. The van der Waals surface area contributed by atoms with E-state index in [9.17, 15) is 5.11 Å². The van der Waals surface area contributed by atoms with Crippen LogP contribution in [0.15, 0.2) is 51.4 Å². The first kappa shape index (κ1) is 16.1. The van der Waals surface area contributed by atoms with Crippen LogP contribution in [0.4, 0.5) is 5.69 Å². The van der Waals surface area contributed by atoms with E-state index >= 15 is 0 Å². The van der Waals surface area contributed by atoms with E-state index in [0.29, 0.717) is 17.2 Å². The molecule has 0 saturated carbocycles. The molecular formula is C15H15Br2NO3. The lowest BCUT2D eigenvalue weighted by atomic mass is 10.3. The summed E-state index contributed by atoms with van der Waals surface area (Å²) in [5, 5.41) is 9.89. The Labute approximate surface area is 140 Å². The van der Waals surface area contributed by atoms with Crippen LogP contribution in [0.3, 0.4) is 0 Å². The number of ether oxygens (including phenoxy) is 2.